The van der Waals surface area contributed by atoms with Gasteiger partial charge in [-0.25, -0.2) is 9.59 Å². The Morgan fingerprint density at radius 3 is 2.56 bits per heavy atom. The predicted octanol–water partition coefficient (Wildman–Crippen LogP) is 4.82. The highest BCUT2D eigenvalue weighted by atomic mass is 35.5. The van der Waals surface area contributed by atoms with Crippen molar-refractivity contribution in [2.75, 3.05) is 20.8 Å². The van der Waals surface area contributed by atoms with Crippen LogP contribution in [0, 0.1) is 0 Å². The number of methoxy groups -OCH3 is 2. The number of rotatable bonds is 6. The molecule has 2 aromatic rings. The van der Waals surface area contributed by atoms with Gasteiger partial charge < -0.3 is 24.3 Å². The van der Waals surface area contributed by atoms with Crippen molar-refractivity contribution in [3.63, 3.8) is 0 Å². The fourth-order valence-electron chi connectivity index (χ4n) is 4.46. The van der Waals surface area contributed by atoms with Crippen molar-refractivity contribution in [3.05, 3.63) is 81.2 Å². The summed E-state index contributed by atoms with van der Waals surface area (Å²) in [6.07, 6.45) is -0.128. The third kappa shape index (κ3) is 4.35. The molecule has 0 amide bonds. The molecule has 0 aromatic heterocycles. The SMILES string of the molecule is CCOC(=O)C1=C(C)NC2=C(C(=O)OC(c3ccc(OC)c(OC)c3)C2)C1c1cccc(Cl)c1. The molecule has 178 valence electrons. The molecule has 0 aliphatic carbocycles. The Balaban J connectivity index is 1.78. The molecule has 0 bridgehead atoms. The summed E-state index contributed by atoms with van der Waals surface area (Å²) in [6.45, 7) is 3.76. The molecule has 2 aliphatic rings. The lowest BCUT2D eigenvalue weighted by Crippen LogP contribution is -2.37. The minimum absolute atomic E-state index is 0.218. The molecule has 2 unspecified atom stereocenters. The van der Waals surface area contributed by atoms with E-state index >= 15 is 0 Å². The van der Waals surface area contributed by atoms with Crippen LogP contribution in [0.1, 0.15) is 43.4 Å². The van der Waals surface area contributed by atoms with E-state index in [0.717, 1.165) is 5.56 Å². The van der Waals surface area contributed by atoms with Crippen LogP contribution in [0.15, 0.2) is 65.0 Å². The highest BCUT2D eigenvalue weighted by molar-refractivity contribution is 6.30. The van der Waals surface area contributed by atoms with E-state index < -0.39 is 24.0 Å². The minimum Gasteiger partial charge on any atom is -0.493 e. The summed E-state index contributed by atoms with van der Waals surface area (Å²) in [7, 11) is 3.12. The Hall–Kier alpha value is -3.45. The third-order valence-electron chi connectivity index (χ3n) is 5.96. The summed E-state index contributed by atoms with van der Waals surface area (Å²) in [4.78, 5) is 26.3. The fourth-order valence-corrected chi connectivity index (χ4v) is 4.65. The third-order valence-corrected chi connectivity index (χ3v) is 6.20. The van der Waals surface area contributed by atoms with Gasteiger partial charge in [0.05, 0.1) is 37.9 Å². The number of carbonyl (C=O) groups excluding carboxylic acids is 2. The smallest absolute Gasteiger partial charge is 0.337 e. The van der Waals surface area contributed by atoms with Gasteiger partial charge in [-0.3, -0.25) is 0 Å². The van der Waals surface area contributed by atoms with Crippen molar-refractivity contribution in [1.29, 1.82) is 0 Å². The van der Waals surface area contributed by atoms with Gasteiger partial charge in [-0.15, -0.1) is 0 Å². The first kappa shape index (κ1) is 23.7. The number of cyclic esters (lactones) is 1. The van der Waals surface area contributed by atoms with Crippen LogP contribution >= 0.6 is 11.6 Å². The topological polar surface area (TPSA) is 83.1 Å². The molecule has 0 saturated heterocycles. The van der Waals surface area contributed by atoms with Crippen molar-refractivity contribution in [2.45, 2.75) is 32.3 Å². The van der Waals surface area contributed by atoms with E-state index in [4.69, 9.17) is 30.5 Å². The molecular formula is C26H26ClNO6. The maximum absolute atomic E-state index is 13.4. The van der Waals surface area contributed by atoms with Crippen molar-refractivity contribution in [3.8, 4) is 11.5 Å². The van der Waals surface area contributed by atoms with Crippen LogP contribution in [0.25, 0.3) is 0 Å². The second-order valence-corrected chi connectivity index (χ2v) is 8.41. The Morgan fingerprint density at radius 2 is 1.88 bits per heavy atom. The lowest BCUT2D eigenvalue weighted by atomic mass is 9.78. The second kappa shape index (κ2) is 9.81. The molecule has 8 heteroatoms. The van der Waals surface area contributed by atoms with Crippen LogP contribution in [0.2, 0.25) is 5.02 Å². The van der Waals surface area contributed by atoms with E-state index in [1.807, 2.05) is 12.1 Å². The van der Waals surface area contributed by atoms with Gasteiger partial charge in [0, 0.05) is 22.8 Å². The number of nitrogens with one attached hydrogen (secondary N) is 1. The van der Waals surface area contributed by atoms with E-state index in [-0.39, 0.29) is 6.61 Å². The number of esters is 2. The van der Waals surface area contributed by atoms with Crippen molar-refractivity contribution in [1.82, 2.24) is 5.32 Å². The number of halogens is 1. The highest BCUT2D eigenvalue weighted by Crippen LogP contribution is 2.45. The van der Waals surface area contributed by atoms with Crippen LogP contribution in [-0.4, -0.2) is 32.8 Å². The Morgan fingerprint density at radius 1 is 1.12 bits per heavy atom. The van der Waals surface area contributed by atoms with E-state index in [0.29, 0.717) is 51.0 Å². The number of hydrogen-bond acceptors (Lipinski definition) is 7. The standard InChI is InChI=1S/C26H26ClNO6/c1-5-33-25(29)22-14(2)28-18-13-20(15-9-10-19(31-3)21(12-15)32-4)34-26(30)24(18)23(22)16-7-6-8-17(27)11-16/h6-12,20,23,28H,5,13H2,1-4H3. The molecule has 2 aliphatic heterocycles. The first-order chi connectivity index (χ1) is 16.4. The van der Waals surface area contributed by atoms with Crippen molar-refractivity contribution >= 4 is 23.5 Å². The number of carbonyl (C=O) groups is 2. The summed E-state index contributed by atoms with van der Waals surface area (Å²) < 4.78 is 21.9. The van der Waals surface area contributed by atoms with Gasteiger partial charge in [-0.1, -0.05) is 29.8 Å². The molecule has 7 nitrogen and oxygen atoms in total. The average molecular weight is 484 g/mol. The first-order valence-corrected chi connectivity index (χ1v) is 11.3. The molecule has 4 rings (SSSR count). The molecule has 2 heterocycles. The van der Waals surface area contributed by atoms with Gasteiger partial charge in [-0.05, 0) is 49.2 Å². The number of ether oxygens (including phenoxy) is 4. The van der Waals surface area contributed by atoms with Gasteiger partial charge in [0.25, 0.3) is 0 Å². The fraction of sp³-hybridized carbons (Fsp3) is 0.308. The normalized spacial score (nSPS) is 19.7. The number of benzene rings is 2. The first-order valence-electron chi connectivity index (χ1n) is 10.9. The molecule has 1 N–H and O–H groups in total. The lowest BCUT2D eigenvalue weighted by molar-refractivity contribution is -0.146. The van der Waals surface area contributed by atoms with Gasteiger partial charge in [0.15, 0.2) is 11.5 Å². The Labute approximate surface area is 203 Å². The molecule has 0 radical (unpaired) electrons. The molecular weight excluding hydrogens is 458 g/mol. The molecule has 2 aromatic carbocycles. The summed E-state index contributed by atoms with van der Waals surface area (Å²) in [5, 5.41) is 3.78. The quantitative estimate of drug-likeness (QED) is 0.589. The maximum atomic E-state index is 13.4. The maximum Gasteiger partial charge on any atom is 0.337 e. The molecule has 0 spiro atoms. The summed E-state index contributed by atoms with van der Waals surface area (Å²) in [5.74, 6) is -0.521. The molecule has 34 heavy (non-hydrogen) atoms. The van der Waals surface area contributed by atoms with Crippen LogP contribution in [-0.2, 0) is 19.1 Å². The zero-order valence-corrected chi connectivity index (χ0v) is 20.2. The van der Waals surface area contributed by atoms with Crippen molar-refractivity contribution in [2.24, 2.45) is 0 Å². The zero-order valence-electron chi connectivity index (χ0n) is 19.4. The van der Waals surface area contributed by atoms with E-state index in [1.54, 1.807) is 58.4 Å². The predicted molar refractivity (Wildman–Crippen MR) is 127 cm³/mol. The largest absolute Gasteiger partial charge is 0.493 e. The summed E-state index contributed by atoms with van der Waals surface area (Å²) in [6, 6.07) is 12.5. The summed E-state index contributed by atoms with van der Waals surface area (Å²) in [5.41, 5.74) is 3.56. The van der Waals surface area contributed by atoms with Gasteiger partial charge in [0.1, 0.15) is 6.10 Å². The van der Waals surface area contributed by atoms with E-state index in [1.165, 1.54) is 0 Å². The van der Waals surface area contributed by atoms with Gasteiger partial charge in [0.2, 0.25) is 0 Å². The van der Waals surface area contributed by atoms with Gasteiger partial charge >= 0.3 is 11.9 Å². The number of allylic oxidation sites excluding steroid dienone is 1. The molecule has 0 fully saturated rings. The Kier molecular flexibility index (Phi) is 6.84. The van der Waals surface area contributed by atoms with Crippen LogP contribution in [0.5, 0.6) is 11.5 Å². The summed E-state index contributed by atoms with van der Waals surface area (Å²) >= 11 is 6.25. The molecule has 0 saturated carbocycles. The van der Waals surface area contributed by atoms with Crippen LogP contribution in [0.4, 0.5) is 0 Å². The number of dihydropyridines is 1. The second-order valence-electron chi connectivity index (χ2n) is 7.98. The number of hydrogen-bond donors (Lipinski definition) is 1. The molecule has 2 atom stereocenters. The zero-order chi connectivity index (χ0) is 24.4. The minimum atomic E-state index is -0.659. The average Bonchev–Trinajstić information content (AvgIpc) is 2.82. The Bertz CT molecular complexity index is 1200. The van der Waals surface area contributed by atoms with Gasteiger partial charge in [-0.2, -0.15) is 0 Å². The monoisotopic (exact) mass is 483 g/mol. The highest BCUT2D eigenvalue weighted by Gasteiger charge is 2.42. The lowest BCUT2D eigenvalue weighted by Gasteiger charge is -2.36. The van der Waals surface area contributed by atoms with Crippen LogP contribution in [0.3, 0.4) is 0 Å². The van der Waals surface area contributed by atoms with E-state index in [9.17, 15) is 9.59 Å². The van der Waals surface area contributed by atoms with E-state index in [2.05, 4.69) is 5.32 Å². The van der Waals surface area contributed by atoms with Crippen molar-refractivity contribution < 1.29 is 28.5 Å². The van der Waals surface area contributed by atoms with Crippen LogP contribution < -0.4 is 14.8 Å².